The number of rotatable bonds is 3. The van der Waals surface area contributed by atoms with Crippen molar-refractivity contribution < 1.29 is 9.59 Å². The number of benzene rings is 1. The molecule has 5 rings (SSSR count). The minimum absolute atomic E-state index is 0.0105. The molecular formula is C23H32N4O2. The van der Waals surface area contributed by atoms with Crippen LogP contribution in [0.1, 0.15) is 38.5 Å². The van der Waals surface area contributed by atoms with Crippen LogP contribution in [0.2, 0.25) is 0 Å². The zero-order valence-electron chi connectivity index (χ0n) is 17.1. The average molecular weight is 397 g/mol. The summed E-state index contributed by atoms with van der Waals surface area (Å²) >= 11 is 0. The second-order valence-corrected chi connectivity index (χ2v) is 9.10. The van der Waals surface area contributed by atoms with Gasteiger partial charge in [-0.05, 0) is 43.7 Å². The molecule has 29 heavy (non-hydrogen) atoms. The summed E-state index contributed by atoms with van der Waals surface area (Å²) in [4.78, 5) is 32.2. The van der Waals surface area contributed by atoms with Crippen LogP contribution >= 0.6 is 0 Å². The molecule has 0 bridgehead atoms. The van der Waals surface area contributed by atoms with E-state index in [1.54, 1.807) is 0 Å². The normalized spacial score (nSPS) is 33.2. The molecule has 1 aliphatic carbocycles. The lowest BCUT2D eigenvalue weighted by Crippen LogP contribution is -2.56. The molecule has 156 valence electrons. The second kappa shape index (κ2) is 8.07. The molecule has 6 heteroatoms. The molecule has 3 saturated heterocycles. The first-order valence-corrected chi connectivity index (χ1v) is 11.4. The number of hydrogen-bond acceptors (Lipinski definition) is 4. The van der Waals surface area contributed by atoms with Gasteiger partial charge in [-0.2, -0.15) is 0 Å². The molecule has 6 nitrogen and oxygen atoms in total. The number of nitrogens with zero attached hydrogens (tertiary/aromatic N) is 3. The number of nitrogens with one attached hydrogen (secondary N) is 1. The maximum Gasteiger partial charge on any atom is 0.244 e. The Morgan fingerprint density at radius 3 is 2.45 bits per heavy atom. The molecular weight excluding hydrogens is 364 g/mol. The van der Waals surface area contributed by atoms with Gasteiger partial charge in [0.15, 0.2) is 0 Å². The molecule has 0 spiro atoms. The average Bonchev–Trinajstić information content (AvgIpc) is 3.37. The summed E-state index contributed by atoms with van der Waals surface area (Å²) in [5.74, 6) is 1.18. The molecule has 1 aromatic carbocycles. The first-order chi connectivity index (χ1) is 14.2. The number of carbonyl (C=O) groups excluding carboxylic acids is 2. The first kappa shape index (κ1) is 19.1. The van der Waals surface area contributed by atoms with Crippen molar-refractivity contribution in [2.45, 2.75) is 56.7 Å². The van der Waals surface area contributed by atoms with E-state index in [1.807, 2.05) is 40.1 Å². The van der Waals surface area contributed by atoms with Crippen molar-refractivity contribution >= 4 is 17.5 Å². The highest BCUT2D eigenvalue weighted by molar-refractivity contribution is 5.99. The van der Waals surface area contributed by atoms with E-state index >= 15 is 0 Å². The quantitative estimate of drug-likeness (QED) is 0.847. The Kier molecular flexibility index (Phi) is 5.31. The van der Waals surface area contributed by atoms with Crippen molar-refractivity contribution in [3.8, 4) is 0 Å². The smallest absolute Gasteiger partial charge is 0.244 e. The summed E-state index contributed by atoms with van der Waals surface area (Å²) in [5.41, 5.74) is 0.989. The Morgan fingerprint density at radius 2 is 1.69 bits per heavy atom. The Labute approximate surface area is 173 Å². The van der Waals surface area contributed by atoms with Crippen molar-refractivity contribution in [2.24, 2.45) is 5.92 Å². The number of piperazine rings is 1. The minimum Gasteiger partial charge on any atom is -0.339 e. The van der Waals surface area contributed by atoms with E-state index in [4.69, 9.17) is 0 Å². The fourth-order valence-electron chi connectivity index (χ4n) is 5.85. The van der Waals surface area contributed by atoms with Gasteiger partial charge < -0.3 is 15.1 Å². The zero-order chi connectivity index (χ0) is 19.8. The molecule has 0 aromatic heterocycles. The van der Waals surface area contributed by atoms with Gasteiger partial charge in [-0.25, -0.2) is 0 Å². The summed E-state index contributed by atoms with van der Waals surface area (Å²) < 4.78 is 0. The van der Waals surface area contributed by atoms with Crippen LogP contribution in [0.25, 0.3) is 0 Å². The van der Waals surface area contributed by atoms with Gasteiger partial charge in [-0.15, -0.1) is 0 Å². The number of anilines is 1. The molecule has 1 saturated carbocycles. The van der Waals surface area contributed by atoms with E-state index in [9.17, 15) is 9.59 Å². The predicted octanol–water partition coefficient (Wildman–Crippen LogP) is 1.86. The van der Waals surface area contributed by atoms with Crippen LogP contribution in [0.3, 0.4) is 0 Å². The van der Waals surface area contributed by atoms with Crippen LogP contribution in [-0.4, -0.2) is 72.5 Å². The van der Waals surface area contributed by atoms with Crippen molar-refractivity contribution in [3.63, 3.8) is 0 Å². The van der Waals surface area contributed by atoms with Gasteiger partial charge in [0.25, 0.3) is 0 Å². The summed E-state index contributed by atoms with van der Waals surface area (Å²) in [7, 11) is 0. The van der Waals surface area contributed by atoms with Crippen molar-refractivity contribution in [3.05, 3.63) is 30.3 Å². The summed E-state index contributed by atoms with van der Waals surface area (Å²) in [5, 5.41) is 3.62. The molecule has 3 aliphatic heterocycles. The first-order valence-electron chi connectivity index (χ1n) is 11.4. The van der Waals surface area contributed by atoms with Gasteiger partial charge in [0.2, 0.25) is 11.8 Å². The second-order valence-electron chi connectivity index (χ2n) is 9.10. The van der Waals surface area contributed by atoms with Crippen LogP contribution in [0.15, 0.2) is 30.3 Å². The topological polar surface area (TPSA) is 55.9 Å². The Morgan fingerprint density at radius 1 is 0.931 bits per heavy atom. The number of carbonyl (C=O) groups is 2. The SMILES string of the molecule is O=C(C1CC2CCCCC2N1)N1CCN(C2CCN(c3ccccc3)C2=O)CC1. The highest BCUT2D eigenvalue weighted by atomic mass is 16.2. The van der Waals surface area contributed by atoms with E-state index in [2.05, 4.69) is 10.2 Å². The molecule has 2 amide bonds. The number of para-hydroxylation sites is 1. The molecule has 1 N–H and O–H groups in total. The maximum absolute atomic E-state index is 13.0. The lowest BCUT2D eigenvalue weighted by Gasteiger charge is -2.38. The standard InChI is InChI=1S/C23H32N4O2/c28-22(20-16-17-6-4-5-9-19(17)24-20)26-14-12-25(13-15-26)21-10-11-27(23(21)29)18-7-2-1-3-8-18/h1-3,7-8,17,19-21,24H,4-6,9-16H2. The molecule has 4 unspecified atom stereocenters. The molecule has 0 radical (unpaired) electrons. The van der Waals surface area contributed by atoms with E-state index in [1.165, 1.54) is 25.7 Å². The van der Waals surface area contributed by atoms with Crippen LogP contribution in [0, 0.1) is 5.92 Å². The van der Waals surface area contributed by atoms with Crippen molar-refractivity contribution in [2.75, 3.05) is 37.6 Å². The van der Waals surface area contributed by atoms with E-state index in [0.717, 1.165) is 51.3 Å². The number of amides is 2. The van der Waals surface area contributed by atoms with Crippen LogP contribution < -0.4 is 10.2 Å². The largest absolute Gasteiger partial charge is 0.339 e. The predicted molar refractivity (Wildman–Crippen MR) is 113 cm³/mol. The zero-order valence-corrected chi connectivity index (χ0v) is 17.1. The number of fused-ring (bicyclic) bond motifs is 1. The minimum atomic E-state index is -0.0417. The van der Waals surface area contributed by atoms with Gasteiger partial charge in [0.05, 0.1) is 12.1 Å². The Bertz CT molecular complexity index is 733. The highest BCUT2D eigenvalue weighted by Gasteiger charge is 2.42. The van der Waals surface area contributed by atoms with Gasteiger partial charge in [0.1, 0.15) is 0 Å². The van der Waals surface area contributed by atoms with E-state index in [-0.39, 0.29) is 23.9 Å². The molecule has 4 fully saturated rings. The lowest BCUT2D eigenvalue weighted by molar-refractivity contribution is -0.135. The van der Waals surface area contributed by atoms with Crippen LogP contribution in [0.5, 0.6) is 0 Å². The third-order valence-electron chi connectivity index (χ3n) is 7.47. The maximum atomic E-state index is 13.0. The van der Waals surface area contributed by atoms with Gasteiger partial charge in [0, 0.05) is 44.5 Å². The van der Waals surface area contributed by atoms with Gasteiger partial charge in [-0.1, -0.05) is 31.0 Å². The van der Waals surface area contributed by atoms with Gasteiger partial charge in [-0.3, -0.25) is 14.5 Å². The van der Waals surface area contributed by atoms with E-state index in [0.29, 0.717) is 12.0 Å². The fraction of sp³-hybridized carbons (Fsp3) is 0.652. The molecule has 4 atom stereocenters. The van der Waals surface area contributed by atoms with Crippen molar-refractivity contribution in [1.29, 1.82) is 0 Å². The van der Waals surface area contributed by atoms with Crippen LogP contribution in [0.4, 0.5) is 5.69 Å². The Hall–Kier alpha value is -1.92. The molecule has 1 aromatic rings. The van der Waals surface area contributed by atoms with E-state index < -0.39 is 0 Å². The fourth-order valence-corrected chi connectivity index (χ4v) is 5.85. The van der Waals surface area contributed by atoms with Crippen molar-refractivity contribution in [1.82, 2.24) is 15.1 Å². The third kappa shape index (κ3) is 3.68. The lowest BCUT2D eigenvalue weighted by atomic mass is 9.85. The number of hydrogen-bond donors (Lipinski definition) is 1. The summed E-state index contributed by atoms with van der Waals surface area (Å²) in [6, 6.07) is 10.5. The van der Waals surface area contributed by atoms with Gasteiger partial charge >= 0.3 is 0 Å². The summed E-state index contributed by atoms with van der Waals surface area (Å²) in [6.07, 6.45) is 6.99. The molecule has 3 heterocycles. The highest BCUT2D eigenvalue weighted by Crippen LogP contribution is 2.34. The monoisotopic (exact) mass is 396 g/mol. The summed E-state index contributed by atoms with van der Waals surface area (Å²) in [6.45, 7) is 3.85. The third-order valence-corrected chi connectivity index (χ3v) is 7.47. The Balaban J connectivity index is 1.15. The molecule has 4 aliphatic rings. The van der Waals surface area contributed by atoms with Crippen LogP contribution in [-0.2, 0) is 9.59 Å².